The summed E-state index contributed by atoms with van der Waals surface area (Å²) in [6, 6.07) is 10.3. The summed E-state index contributed by atoms with van der Waals surface area (Å²) < 4.78 is 0. The quantitative estimate of drug-likeness (QED) is 0.719. The predicted octanol–water partition coefficient (Wildman–Crippen LogP) is 4.20. The van der Waals surface area contributed by atoms with E-state index in [1.165, 1.54) is 12.8 Å². The van der Waals surface area contributed by atoms with Crippen LogP contribution in [0.2, 0.25) is 0 Å². The molecule has 176 valence electrons. The number of benzene rings is 1. The summed E-state index contributed by atoms with van der Waals surface area (Å²) in [7, 11) is 0. The molecule has 2 amide bonds. The summed E-state index contributed by atoms with van der Waals surface area (Å²) in [6.07, 6.45) is 6.82. The van der Waals surface area contributed by atoms with Crippen LogP contribution in [0.5, 0.6) is 0 Å². The minimum absolute atomic E-state index is 0.0637. The number of hydrogen-bond donors (Lipinski definition) is 1. The van der Waals surface area contributed by atoms with Crippen molar-refractivity contribution < 1.29 is 9.59 Å². The fourth-order valence-electron chi connectivity index (χ4n) is 5.26. The fourth-order valence-corrected chi connectivity index (χ4v) is 5.26. The van der Waals surface area contributed by atoms with Gasteiger partial charge < -0.3 is 10.2 Å². The van der Waals surface area contributed by atoms with Gasteiger partial charge in [0.05, 0.1) is 12.3 Å². The molecule has 1 aliphatic carbocycles. The third-order valence-electron chi connectivity index (χ3n) is 7.26. The number of carbonyl (C=O) groups excluding carboxylic acids is 2. The molecule has 33 heavy (non-hydrogen) atoms. The Morgan fingerprint density at radius 1 is 1.03 bits per heavy atom. The molecule has 1 aliphatic heterocycles. The Labute approximate surface area is 197 Å². The molecule has 6 heteroatoms. The number of likely N-dealkylation sites (tertiary alicyclic amines) is 1. The highest BCUT2D eigenvalue weighted by atomic mass is 16.2. The van der Waals surface area contributed by atoms with Crippen molar-refractivity contribution in [3.05, 3.63) is 58.7 Å². The van der Waals surface area contributed by atoms with Crippen LogP contribution in [0.1, 0.15) is 85.6 Å². The molecular formula is C27H36N4O2. The molecule has 1 N–H and O–H groups in total. The summed E-state index contributed by atoms with van der Waals surface area (Å²) in [5, 5.41) is 3.16. The number of aryl methyl sites for hydroxylation is 2. The van der Waals surface area contributed by atoms with Gasteiger partial charge in [-0.15, -0.1) is 0 Å². The molecule has 2 aliphatic rings. The normalized spacial score (nSPS) is 20.0. The van der Waals surface area contributed by atoms with E-state index in [9.17, 15) is 9.59 Å². The Kier molecular flexibility index (Phi) is 7.41. The number of nitrogens with one attached hydrogen (secondary N) is 1. The first-order valence-electron chi connectivity index (χ1n) is 12.4. The van der Waals surface area contributed by atoms with Gasteiger partial charge in [0.15, 0.2) is 0 Å². The van der Waals surface area contributed by atoms with Crippen molar-refractivity contribution in [1.82, 2.24) is 20.2 Å². The van der Waals surface area contributed by atoms with Gasteiger partial charge in [0, 0.05) is 42.0 Å². The van der Waals surface area contributed by atoms with Gasteiger partial charge in [0.2, 0.25) is 11.8 Å². The number of nitrogens with zero attached hydrogens (tertiary/aromatic N) is 3. The number of rotatable bonds is 6. The third-order valence-corrected chi connectivity index (χ3v) is 7.26. The molecule has 1 saturated heterocycles. The molecule has 0 spiro atoms. The summed E-state index contributed by atoms with van der Waals surface area (Å²) in [5.41, 5.74) is 3.73. The van der Waals surface area contributed by atoms with Crippen LogP contribution in [0.15, 0.2) is 30.3 Å². The average molecular weight is 449 g/mol. The Morgan fingerprint density at radius 3 is 2.36 bits per heavy atom. The number of piperidine rings is 1. The molecule has 4 rings (SSSR count). The minimum Gasteiger partial charge on any atom is -0.353 e. The van der Waals surface area contributed by atoms with E-state index in [4.69, 9.17) is 9.97 Å². The zero-order chi connectivity index (χ0) is 23.4. The number of amides is 2. The van der Waals surface area contributed by atoms with Crippen LogP contribution in [0.3, 0.4) is 0 Å². The van der Waals surface area contributed by atoms with E-state index in [2.05, 4.69) is 5.32 Å². The van der Waals surface area contributed by atoms with Gasteiger partial charge in [-0.3, -0.25) is 9.59 Å². The summed E-state index contributed by atoms with van der Waals surface area (Å²) in [4.78, 5) is 37.3. The summed E-state index contributed by atoms with van der Waals surface area (Å²) in [6.45, 7) is 7.36. The SMILES string of the molecule is Cc1nc([C@@H]2CCCN(C(=O)[C@H](C)c3ccccc3)C2)nc(C)c1CC(=O)NC1CCCC1. The number of carbonyl (C=O) groups is 2. The lowest BCUT2D eigenvalue weighted by atomic mass is 9.93. The monoisotopic (exact) mass is 448 g/mol. The van der Waals surface area contributed by atoms with Gasteiger partial charge in [0.1, 0.15) is 5.82 Å². The van der Waals surface area contributed by atoms with Crippen molar-refractivity contribution in [3.63, 3.8) is 0 Å². The topological polar surface area (TPSA) is 75.2 Å². The van der Waals surface area contributed by atoms with Crippen molar-refractivity contribution in [2.45, 2.75) is 83.6 Å². The van der Waals surface area contributed by atoms with E-state index in [1.54, 1.807) is 0 Å². The third kappa shape index (κ3) is 5.60. The molecule has 1 aromatic heterocycles. The maximum Gasteiger partial charge on any atom is 0.229 e. The zero-order valence-corrected chi connectivity index (χ0v) is 20.1. The van der Waals surface area contributed by atoms with E-state index < -0.39 is 0 Å². The molecule has 0 radical (unpaired) electrons. The highest BCUT2D eigenvalue weighted by Gasteiger charge is 2.30. The van der Waals surface area contributed by atoms with Crippen LogP contribution in [-0.4, -0.2) is 45.8 Å². The van der Waals surface area contributed by atoms with E-state index in [0.717, 1.165) is 60.6 Å². The Morgan fingerprint density at radius 2 is 1.70 bits per heavy atom. The first-order chi connectivity index (χ1) is 15.9. The van der Waals surface area contributed by atoms with Crippen LogP contribution in [0, 0.1) is 13.8 Å². The van der Waals surface area contributed by atoms with Crippen LogP contribution < -0.4 is 5.32 Å². The molecule has 6 nitrogen and oxygen atoms in total. The zero-order valence-electron chi connectivity index (χ0n) is 20.1. The first kappa shape index (κ1) is 23.4. The van der Waals surface area contributed by atoms with Gasteiger partial charge in [0.25, 0.3) is 0 Å². The van der Waals surface area contributed by atoms with Crippen LogP contribution in [0.4, 0.5) is 0 Å². The van der Waals surface area contributed by atoms with Crippen molar-refractivity contribution >= 4 is 11.8 Å². The van der Waals surface area contributed by atoms with Gasteiger partial charge >= 0.3 is 0 Å². The van der Waals surface area contributed by atoms with Crippen molar-refractivity contribution in [2.75, 3.05) is 13.1 Å². The smallest absolute Gasteiger partial charge is 0.229 e. The Balaban J connectivity index is 1.42. The highest BCUT2D eigenvalue weighted by molar-refractivity contribution is 5.83. The van der Waals surface area contributed by atoms with E-state index in [-0.39, 0.29) is 23.7 Å². The predicted molar refractivity (Wildman–Crippen MR) is 129 cm³/mol. The molecule has 0 unspecified atom stereocenters. The average Bonchev–Trinajstić information content (AvgIpc) is 3.34. The first-order valence-corrected chi connectivity index (χ1v) is 12.4. The summed E-state index contributed by atoms with van der Waals surface area (Å²) >= 11 is 0. The second-order valence-electron chi connectivity index (χ2n) is 9.71. The molecule has 2 fully saturated rings. The molecular weight excluding hydrogens is 412 g/mol. The molecule has 2 aromatic rings. The van der Waals surface area contributed by atoms with Crippen LogP contribution in [0.25, 0.3) is 0 Å². The minimum atomic E-state index is -0.157. The lowest BCUT2D eigenvalue weighted by molar-refractivity contribution is -0.133. The van der Waals surface area contributed by atoms with Crippen LogP contribution in [-0.2, 0) is 16.0 Å². The van der Waals surface area contributed by atoms with Gasteiger partial charge in [-0.2, -0.15) is 0 Å². The molecule has 1 aromatic carbocycles. The lowest BCUT2D eigenvalue weighted by Crippen LogP contribution is -2.41. The molecule has 1 saturated carbocycles. The highest BCUT2D eigenvalue weighted by Crippen LogP contribution is 2.28. The number of hydrogen-bond acceptors (Lipinski definition) is 4. The summed E-state index contributed by atoms with van der Waals surface area (Å²) in [5.74, 6) is 1.00. The van der Waals surface area contributed by atoms with Crippen molar-refractivity contribution in [1.29, 1.82) is 0 Å². The van der Waals surface area contributed by atoms with Gasteiger partial charge in [-0.1, -0.05) is 43.2 Å². The Hall–Kier alpha value is -2.76. The second-order valence-corrected chi connectivity index (χ2v) is 9.71. The fraction of sp³-hybridized carbons (Fsp3) is 0.556. The molecule has 2 atom stereocenters. The number of aromatic nitrogens is 2. The van der Waals surface area contributed by atoms with E-state index >= 15 is 0 Å². The standard InChI is InChI=1S/C27H36N4O2/c1-18(21-10-5-4-6-11-21)27(33)31-15-9-12-22(17-31)26-28-19(2)24(20(3)29-26)16-25(32)30-23-13-7-8-14-23/h4-6,10-11,18,22-23H,7-9,12-17H2,1-3H3,(H,30,32)/t18-,22-/m1/s1. The lowest BCUT2D eigenvalue weighted by Gasteiger charge is -2.34. The van der Waals surface area contributed by atoms with E-state index in [0.29, 0.717) is 19.0 Å². The van der Waals surface area contributed by atoms with Gasteiger partial charge in [-0.25, -0.2) is 9.97 Å². The largest absolute Gasteiger partial charge is 0.353 e. The molecule has 0 bridgehead atoms. The van der Waals surface area contributed by atoms with Crippen molar-refractivity contribution in [3.8, 4) is 0 Å². The van der Waals surface area contributed by atoms with Crippen LogP contribution >= 0.6 is 0 Å². The van der Waals surface area contributed by atoms with Gasteiger partial charge in [-0.05, 0) is 52.0 Å². The maximum absolute atomic E-state index is 13.2. The Bertz CT molecular complexity index is 962. The molecule has 2 heterocycles. The van der Waals surface area contributed by atoms with Crippen molar-refractivity contribution in [2.24, 2.45) is 0 Å². The maximum atomic E-state index is 13.2. The van der Waals surface area contributed by atoms with E-state index in [1.807, 2.05) is 56.0 Å². The second kappa shape index (κ2) is 10.4.